The van der Waals surface area contributed by atoms with Gasteiger partial charge in [-0.25, -0.2) is 11.3 Å². The van der Waals surface area contributed by atoms with Gasteiger partial charge in [0.05, 0.1) is 0 Å². The first-order valence-electron chi connectivity index (χ1n) is 10.8. The maximum atomic E-state index is 3.78. The monoisotopic (exact) mass is 560 g/mol. The summed E-state index contributed by atoms with van der Waals surface area (Å²) < 4.78 is 0. The Balaban J connectivity index is 0.00000272. The molecule has 0 aromatic heterocycles. The quantitative estimate of drug-likeness (QED) is 0.175. The fraction of sp³-hybridized carbons (Fsp3) is 0.241. The Labute approximate surface area is 240 Å². The van der Waals surface area contributed by atoms with Gasteiger partial charge in [-0.2, -0.15) is 6.08 Å². The SMILES string of the molecule is Cc1cc(C)cc([Si](C2=[C-]CC=C2)(c2cc(C)cc(C)c2)c2cc(C)cc(C)c2)c1.[Cl-].[Cl-].[Cl-].[Ti+4]. The zero-order valence-electron chi connectivity index (χ0n) is 20.7. The molecule has 3 aromatic rings. The molecule has 4 rings (SSSR count). The summed E-state index contributed by atoms with van der Waals surface area (Å²) >= 11 is 0. The van der Waals surface area contributed by atoms with Gasteiger partial charge in [0.25, 0.3) is 0 Å². The van der Waals surface area contributed by atoms with Crippen LogP contribution in [-0.4, -0.2) is 8.07 Å². The second-order valence-electron chi connectivity index (χ2n) is 9.08. The Morgan fingerprint density at radius 3 is 1.06 bits per heavy atom. The predicted molar refractivity (Wildman–Crippen MR) is 133 cm³/mol. The molecule has 3 aromatic carbocycles. The zero-order chi connectivity index (χ0) is 21.5. The van der Waals surface area contributed by atoms with Gasteiger partial charge in [0.1, 0.15) is 8.07 Å². The third-order valence-corrected chi connectivity index (χ3v) is 10.7. The van der Waals surface area contributed by atoms with Crippen LogP contribution in [0.3, 0.4) is 0 Å². The molecule has 0 bridgehead atoms. The molecule has 0 atom stereocenters. The molecule has 0 nitrogen and oxygen atoms in total. The van der Waals surface area contributed by atoms with E-state index >= 15 is 0 Å². The van der Waals surface area contributed by atoms with Crippen molar-refractivity contribution < 1.29 is 58.9 Å². The van der Waals surface area contributed by atoms with E-state index in [1.165, 1.54) is 54.1 Å². The van der Waals surface area contributed by atoms with Crippen molar-refractivity contribution in [2.45, 2.75) is 48.0 Å². The predicted octanol–water partition coefficient (Wildman–Crippen LogP) is -3.75. The molecule has 0 amide bonds. The molecule has 0 fully saturated rings. The Hall–Kier alpha value is -1.06. The molecule has 0 radical (unpaired) electrons. The van der Waals surface area contributed by atoms with E-state index in [2.05, 4.69) is 114 Å². The van der Waals surface area contributed by atoms with Crippen LogP contribution < -0.4 is 52.8 Å². The van der Waals surface area contributed by atoms with E-state index in [1.54, 1.807) is 0 Å². The summed E-state index contributed by atoms with van der Waals surface area (Å²) in [5.41, 5.74) is 7.99. The maximum Gasteiger partial charge on any atom is 4.00 e. The minimum absolute atomic E-state index is 0. The van der Waals surface area contributed by atoms with E-state index in [4.69, 9.17) is 0 Å². The summed E-state index contributed by atoms with van der Waals surface area (Å²) in [5.74, 6) is 0. The van der Waals surface area contributed by atoms with Gasteiger partial charge in [-0.1, -0.05) is 88.0 Å². The van der Waals surface area contributed by atoms with Crippen molar-refractivity contribution in [1.82, 2.24) is 0 Å². The van der Waals surface area contributed by atoms with Crippen LogP contribution in [0.25, 0.3) is 0 Å². The average molecular weight is 562 g/mol. The molecule has 1 aliphatic carbocycles. The topological polar surface area (TPSA) is 0 Å². The summed E-state index contributed by atoms with van der Waals surface area (Å²) in [5, 5.41) is 5.78. The summed E-state index contributed by atoms with van der Waals surface area (Å²) in [6.45, 7) is 13.3. The largest absolute Gasteiger partial charge is 4.00 e. The van der Waals surface area contributed by atoms with Gasteiger partial charge >= 0.3 is 21.7 Å². The molecule has 5 heteroatoms. The van der Waals surface area contributed by atoms with E-state index in [0.29, 0.717) is 0 Å². The molecular weight excluding hydrogens is 531 g/mol. The smallest absolute Gasteiger partial charge is 1.00 e. The molecule has 1 aliphatic rings. The van der Waals surface area contributed by atoms with Crippen molar-refractivity contribution in [2.24, 2.45) is 0 Å². The van der Waals surface area contributed by atoms with Crippen LogP contribution in [0.15, 0.2) is 71.9 Å². The average Bonchev–Trinajstić information content (AvgIpc) is 3.15. The van der Waals surface area contributed by atoms with Crippen molar-refractivity contribution in [2.75, 3.05) is 0 Å². The van der Waals surface area contributed by atoms with Crippen LogP contribution >= 0.6 is 0 Å². The van der Waals surface area contributed by atoms with E-state index in [-0.39, 0.29) is 58.9 Å². The molecule has 34 heavy (non-hydrogen) atoms. The van der Waals surface area contributed by atoms with Gasteiger partial charge in [-0.05, 0) is 57.1 Å². The van der Waals surface area contributed by atoms with Crippen LogP contribution in [0.4, 0.5) is 0 Å². The molecule has 0 spiro atoms. The Morgan fingerprint density at radius 2 is 0.824 bits per heavy atom. The standard InChI is InChI=1S/C29H31Si.3ClH.Ti/c1-20-11-21(2)15-27(14-20)30(26-9-7-8-10-26,28-16-22(3)12-23(4)17-28)29-18-24(5)13-25(6)19-29;;;;/h7,9,11-19H,8H2,1-6H3;3*1H;/q-1;;;;+4/p-3. The van der Waals surface area contributed by atoms with Crippen LogP contribution in [0.2, 0.25) is 0 Å². The molecule has 0 heterocycles. The fourth-order valence-electron chi connectivity index (χ4n) is 5.20. The summed E-state index contributed by atoms with van der Waals surface area (Å²) in [4.78, 5) is 0. The van der Waals surface area contributed by atoms with E-state index in [0.717, 1.165) is 6.42 Å². The Kier molecular flexibility index (Phi) is 12.9. The van der Waals surface area contributed by atoms with Crippen LogP contribution in [-0.2, 0) is 21.7 Å². The van der Waals surface area contributed by atoms with Crippen molar-refractivity contribution >= 4 is 23.6 Å². The van der Waals surface area contributed by atoms with E-state index < -0.39 is 8.07 Å². The first-order valence-corrected chi connectivity index (χ1v) is 12.8. The van der Waals surface area contributed by atoms with E-state index in [1.807, 2.05) is 0 Å². The minimum Gasteiger partial charge on any atom is -1.00 e. The van der Waals surface area contributed by atoms with Crippen LogP contribution in [0.1, 0.15) is 39.8 Å². The molecule has 0 N–H and O–H groups in total. The zero-order valence-corrected chi connectivity index (χ0v) is 25.5. The molecule has 0 saturated carbocycles. The van der Waals surface area contributed by atoms with Crippen molar-refractivity contribution in [3.8, 4) is 0 Å². The fourth-order valence-corrected chi connectivity index (χ4v) is 10.5. The van der Waals surface area contributed by atoms with Crippen LogP contribution in [0, 0.1) is 47.6 Å². The first kappa shape index (κ1) is 32.9. The molecule has 0 unspecified atom stereocenters. The Bertz CT molecular complexity index is 1010. The first-order chi connectivity index (χ1) is 14.3. The molecular formula is C29H31Cl3SiTi. The van der Waals surface area contributed by atoms with Gasteiger partial charge < -0.3 is 37.2 Å². The second kappa shape index (κ2) is 13.3. The molecule has 176 valence electrons. The summed E-state index contributed by atoms with van der Waals surface area (Å²) in [6.07, 6.45) is 9.30. The number of halogens is 3. The van der Waals surface area contributed by atoms with Gasteiger partial charge in [0, 0.05) is 0 Å². The van der Waals surface area contributed by atoms with Gasteiger partial charge in [0.15, 0.2) is 0 Å². The number of hydrogen-bond donors (Lipinski definition) is 0. The van der Waals surface area contributed by atoms with Crippen molar-refractivity contribution in [3.05, 3.63) is 111 Å². The number of benzene rings is 3. The van der Waals surface area contributed by atoms with Gasteiger partial charge in [-0.15, -0.1) is 6.42 Å². The normalized spacial score (nSPS) is 12.0. The number of rotatable bonds is 4. The van der Waals surface area contributed by atoms with Crippen LogP contribution in [0.5, 0.6) is 0 Å². The summed E-state index contributed by atoms with van der Waals surface area (Å²) in [7, 11) is -2.46. The molecule has 0 saturated heterocycles. The molecule has 0 aliphatic heterocycles. The number of allylic oxidation sites excluding steroid dienone is 4. The third kappa shape index (κ3) is 6.38. The van der Waals surface area contributed by atoms with Crippen molar-refractivity contribution in [3.63, 3.8) is 0 Å². The maximum absolute atomic E-state index is 3.78. The van der Waals surface area contributed by atoms with E-state index in [9.17, 15) is 0 Å². The van der Waals surface area contributed by atoms with Gasteiger partial charge in [-0.3, -0.25) is 6.08 Å². The number of hydrogen-bond acceptors (Lipinski definition) is 0. The van der Waals surface area contributed by atoms with Gasteiger partial charge in [0.2, 0.25) is 0 Å². The number of aryl methyl sites for hydroxylation is 6. The minimum atomic E-state index is -2.46. The summed E-state index contributed by atoms with van der Waals surface area (Å²) in [6, 6.07) is 21.4. The Morgan fingerprint density at radius 1 is 0.529 bits per heavy atom. The van der Waals surface area contributed by atoms with Crippen molar-refractivity contribution in [1.29, 1.82) is 0 Å². The second-order valence-corrected chi connectivity index (χ2v) is 12.8. The third-order valence-electron chi connectivity index (χ3n) is 6.06.